The second kappa shape index (κ2) is 4.73. The van der Waals surface area contributed by atoms with Crippen LogP contribution in [-0.2, 0) is 4.74 Å². The van der Waals surface area contributed by atoms with Crippen LogP contribution in [0, 0.1) is 11.3 Å². The van der Waals surface area contributed by atoms with Gasteiger partial charge in [-0.2, -0.15) is 5.26 Å². The molecule has 0 unspecified atom stereocenters. The van der Waals surface area contributed by atoms with Gasteiger partial charge in [0.2, 0.25) is 0 Å². The molecule has 1 aliphatic heterocycles. The lowest BCUT2D eigenvalue weighted by Gasteiger charge is -2.27. The summed E-state index contributed by atoms with van der Waals surface area (Å²) < 4.78 is 5.23. The number of pyridine rings is 1. The summed E-state index contributed by atoms with van der Waals surface area (Å²) in [5.41, 5.74) is 4.55. The zero-order valence-corrected chi connectivity index (χ0v) is 8.31. The van der Waals surface area contributed by atoms with E-state index in [1.54, 1.807) is 12.3 Å². The summed E-state index contributed by atoms with van der Waals surface area (Å²) in [5.74, 6) is 0. The van der Waals surface area contributed by atoms with Gasteiger partial charge in [-0.1, -0.05) is 0 Å². The van der Waals surface area contributed by atoms with Crippen LogP contribution in [0.3, 0.4) is 0 Å². The summed E-state index contributed by atoms with van der Waals surface area (Å²) in [4.78, 5) is 3.98. The number of hydrogen-bond donors (Lipinski definition) is 1. The van der Waals surface area contributed by atoms with Crippen molar-refractivity contribution in [2.75, 3.05) is 31.7 Å². The molecular formula is C10H12N4O. The summed E-state index contributed by atoms with van der Waals surface area (Å²) >= 11 is 0. The van der Waals surface area contributed by atoms with Crippen LogP contribution >= 0.6 is 0 Å². The normalized spacial score (nSPS) is 17.0. The second-order valence-electron chi connectivity index (χ2n) is 3.26. The fourth-order valence-corrected chi connectivity index (χ4v) is 1.38. The molecule has 78 valence electrons. The van der Waals surface area contributed by atoms with E-state index in [2.05, 4.69) is 15.4 Å². The summed E-state index contributed by atoms with van der Waals surface area (Å²) in [7, 11) is 0. The molecule has 1 fully saturated rings. The third-order valence-electron chi connectivity index (χ3n) is 2.18. The van der Waals surface area contributed by atoms with E-state index in [9.17, 15) is 0 Å². The van der Waals surface area contributed by atoms with Gasteiger partial charge < -0.3 is 10.2 Å². The maximum absolute atomic E-state index is 8.59. The topological polar surface area (TPSA) is 61.2 Å². The zero-order valence-electron chi connectivity index (χ0n) is 8.31. The number of morpholine rings is 1. The number of hydrazine groups is 1. The van der Waals surface area contributed by atoms with Crippen molar-refractivity contribution >= 4 is 5.69 Å². The maximum atomic E-state index is 8.59. The molecule has 0 saturated carbocycles. The molecule has 1 N–H and O–H groups in total. The van der Waals surface area contributed by atoms with Crippen LogP contribution in [0.4, 0.5) is 5.69 Å². The van der Waals surface area contributed by atoms with Crippen molar-refractivity contribution in [1.82, 2.24) is 9.99 Å². The second-order valence-corrected chi connectivity index (χ2v) is 3.26. The molecule has 0 bridgehead atoms. The van der Waals surface area contributed by atoms with Crippen LogP contribution in [0.5, 0.6) is 0 Å². The smallest absolute Gasteiger partial charge is 0.140 e. The summed E-state index contributed by atoms with van der Waals surface area (Å²) in [6.07, 6.45) is 1.66. The van der Waals surface area contributed by atoms with Crippen LogP contribution in [0.15, 0.2) is 18.3 Å². The number of nitriles is 1. The Bertz CT molecular complexity index is 351. The summed E-state index contributed by atoms with van der Waals surface area (Å²) in [6.45, 7) is 3.22. The van der Waals surface area contributed by atoms with Gasteiger partial charge in [-0.25, -0.2) is 9.99 Å². The fraction of sp³-hybridized carbons (Fsp3) is 0.400. The number of nitrogens with one attached hydrogen (secondary N) is 1. The Morgan fingerprint density at radius 2 is 2.20 bits per heavy atom. The molecule has 1 aliphatic rings. The maximum Gasteiger partial charge on any atom is 0.140 e. The van der Waals surface area contributed by atoms with Crippen LogP contribution in [0.1, 0.15) is 5.69 Å². The molecule has 1 aromatic rings. The average Bonchev–Trinajstić information content (AvgIpc) is 2.31. The SMILES string of the molecule is N#Cc1ccc(NN2CCOCC2)cn1. The van der Waals surface area contributed by atoms with Crippen molar-refractivity contribution in [2.45, 2.75) is 0 Å². The Morgan fingerprint density at radius 3 is 2.80 bits per heavy atom. The molecule has 0 radical (unpaired) electrons. The first-order valence-corrected chi connectivity index (χ1v) is 4.84. The number of nitrogens with zero attached hydrogens (tertiary/aromatic N) is 3. The van der Waals surface area contributed by atoms with Crippen molar-refractivity contribution < 1.29 is 4.74 Å². The van der Waals surface area contributed by atoms with Gasteiger partial charge in [0.15, 0.2) is 0 Å². The first-order valence-electron chi connectivity index (χ1n) is 4.84. The predicted octanol–water partition coefficient (Wildman–Crippen LogP) is 0.612. The number of aromatic nitrogens is 1. The molecule has 1 aromatic heterocycles. The van der Waals surface area contributed by atoms with E-state index < -0.39 is 0 Å². The minimum absolute atomic E-state index is 0.433. The van der Waals surface area contributed by atoms with Crippen molar-refractivity contribution in [3.63, 3.8) is 0 Å². The van der Waals surface area contributed by atoms with Crippen LogP contribution < -0.4 is 5.43 Å². The lowest BCUT2D eigenvalue weighted by Crippen LogP contribution is -2.40. The highest BCUT2D eigenvalue weighted by Gasteiger charge is 2.09. The third-order valence-corrected chi connectivity index (χ3v) is 2.18. The van der Waals surface area contributed by atoms with Crippen LogP contribution in [-0.4, -0.2) is 36.3 Å². The molecule has 5 nitrogen and oxygen atoms in total. The number of anilines is 1. The van der Waals surface area contributed by atoms with E-state index in [0.717, 1.165) is 32.0 Å². The fourth-order valence-electron chi connectivity index (χ4n) is 1.38. The number of rotatable bonds is 2. The average molecular weight is 204 g/mol. The van der Waals surface area contributed by atoms with E-state index in [-0.39, 0.29) is 0 Å². The summed E-state index contributed by atoms with van der Waals surface area (Å²) in [5, 5.41) is 10.7. The van der Waals surface area contributed by atoms with Crippen LogP contribution in [0.25, 0.3) is 0 Å². The quantitative estimate of drug-likeness (QED) is 0.764. The Balaban J connectivity index is 1.95. The van der Waals surface area contributed by atoms with Crippen molar-refractivity contribution in [1.29, 1.82) is 5.26 Å². The summed E-state index contributed by atoms with van der Waals surface area (Å²) in [6, 6.07) is 5.53. The van der Waals surface area contributed by atoms with Crippen molar-refractivity contribution in [3.8, 4) is 6.07 Å². The van der Waals surface area contributed by atoms with Crippen LogP contribution in [0.2, 0.25) is 0 Å². The standard InChI is InChI=1S/C10H12N4O/c11-7-9-1-2-10(8-12-9)13-14-3-5-15-6-4-14/h1-2,8,13H,3-6H2. The van der Waals surface area contributed by atoms with Gasteiger partial charge in [0.25, 0.3) is 0 Å². The molecule has 0 aliphatic carbocycles. The molecule has 15 heavy (non-hydrogen) atoms. The Hall–Kier alpha value is -1.64. The Morgan fingerprint density at radius 1 is 1.40 bits per heavy atom. The van der Waals surface area contributed by atoms with Crippen molar-refractivity contribution in [2.24, 2.45) is 0 Å². The van der Waals surface area contributed by atoms with Gasteiger partial charge in [-0.3, -0.25) is 0 Å². The number of hydrogen-bond acceptors (Lipinski definition) is 5. The van der Waals surface area contributed by atoms with Gasteiger partial charge in [0, 0.05) is 13.1 Å². The molecule has 0 spiro atoms. The highest BCUT2D eigenvalue weighted by Crippen LogP contribution is 2.08. The molecule has 0 aromatic carbocycles. The van der Waals surface area contributed by atoms with Gasteiger partial charge in [-0.05, 0) is 12.1 Å². The minimum atomic E-state index is 0.433. The van der Waals surface area contributed by atoms with E-state index >= 15 is 0 Å². The molecule has 5 heteroatoms. The predicted molar refractivity (Wildman–Crippen MR) is 55.0 cm³/mol. The van der Waals surface area contributed by atoms with Gasteiger partial charge in [0.1, 0.15) is 11.8 Å². The molecule has 0 amide bonds. The van der Waals surface area contributed by atoms with E-state index in [4.69, 9.17) is 10.00 Å². The lowest BCUT2D eigenvalue weighted by atomic mass is 10.3. The molecular weight excluding hydrogens is 192 g/mol. The lowest BCUT2D eigenvalue weighted by molar-refractivity contribution is 0.0497. The highest BCUT2D eigenvalue weighted by molar-refractivity contribution is 5.41. The molecule has 0 atom stereocenters. The first-order chi connectivity index (χ1) is 7.38. The number of ether oxygens (including phenoxy) is 1. The largest absolute Gasteiger partial charge is 0.379 e. The van der Waals surface area contributed by atoms with Crippen molar-refractivity contribution in [3.05, 3.63) is 24.0 Å². The van der Waals surface area contributed by atoms with E-state index in [0.29, 0.717) is 5.69 Å². The monoisotopic (exact) mass is 204 g/mol. The minimum Gasteiger partial charge on any atom is -0.379 e. The van der Waals surface area contributed by atoms with E-state index in [1.807, 2.05) is 12.1 Å². The third kappa shape index (κ3) is 2.65. The first kappa shape index (κ1) is 9.90. The van der Waals surface area contributed by atoms with Gasteiger partial charge in [-0.15, -0.1) is 0 Å². The molecule has 2 rings (SSSR count). The van der Waals surface area contributed by atoms with Gasteiger partial charge in [0.05, 0.1) is 25.1 Å². The Labute approximate surface area is 88.3 Å². The highest BCUT2D eigenvalue weighted by atomic mass is 16.5. The molecule has 2 heterocycles. The zero-order chi connectivity index (χ0) is 10.5. The Kier molecular flexibility index (Phi) is 3.12. The molecule has 1 saturated heterocycles. The van der Waals surface area contributed by atoms with Gasteiger partial charge >= 0.3 is 0 Å². The van der Waals surface area contributed by atoms with E-state index in [1.165, 1.54) is 0 Å².